The zero-order chi connectivity index (χ0) is 13.7. The van der Waals surface area contributed by atoms with E-state index < -0.39 is 0 Å². The van der Waals surface area contributed by atoms with E-state index in [2.05, 4.69) is 5.32 Å². The van der Waals surface area contributed by atoms with Crippen LogP contribution in [0.1, 0.15) is 25.3 Å². The molecular weight excluding hydrogens is 240 g/mol. The molecule has 0 atom stereocenters. The van der Waals surface area contributed by atoms with Crippen molar-refractivity contribution in [1.82, 2.24) is 10.2 Å². The van der Waals surface area contributed by atoms with Crippen LogP contribution in [0.25, 0.3) is 0 Å². The maximum absolute atomic E-state index is 12.3. The first-order valence-corrected chi connectivity index (χ1v) is 6.76. The summed E-state index contributed by atoms with van der Waals surface area (Å²) in [7, 11) is 0. The summed E-state index contributed by atoms with van der Waals surface area (Å²) in [4.78, 5) is 25.5. The van der Waals surface area contributed by atoms with E-state index in [-0.39, 0.29) is 17.9 Å². The van der Waals surface area contributed by atoms with Crippen LogP contribution in [0.2, 0.25) is 0 Å². The summed E-state index contributed by atoms with van der Waals surface area (Å²) in [5.74, 6) is -0.238. The Labute approximate surface area is 113 Å². The highest BCUT2D eigenvalue weighted by Crippen LogP contribution is 2.14. The molecule has 2 amide bonds. The van der Waals surface area contributed by atoms with E-state index in [0.29, 0.717) is 6.42 Å². The van der Waals surface area contributed by atoms with Gasteiger partial charge in [0.05, 0.1) is 6.42 Å². The first-order valence-electron chi connectivity index (χ1n) is 6.76. The van der Waals surface area contributed by atoms with Crippen LogP contribution in [0.3, 0.4) is 0 Å². The molecule has 1 aliphatic heterocycles. The molecule has 4 nitrogen and oxygen atoms in total. The van der Waals surface area contributed by atoms with Gasteiger partial charge in [0, 0.05) is 13.0 Å². The van der Waals surface area contributed by atoms with Gasteiger partial charge in [0.25, 0.3) is 0 Å². The quantitative estimate of drug-likeness (QED) is 0.892. The molecule has 1 aromatic rings. The number of piperidine rings is 1. The van der Waals surface area contributed by atoms with Crippen LogP contribution in [0.15, 0.2) is 30.3 Å². The molecule has 1 aromatic carbocycles. The largest absolute Gasteiger partial charge is 0.317 e. The highest BCUT2D eigenvalue weighted by atomic mass is 16.2. The number of hydrogen-bond donors (Lipinski definition) is 1. The average Bonchev–Trinajstić information content (AvgIpc) is 2.40. The second kappa shape index (κ2) is 6.48. The highest BCUT2D eigenvalue weighted by Gasteiger charge is 2.28. The molecule has 0 spiro atoms. The monoisotopic (exact) mass is 260 g/mol. The molecular formula is C15H20N2O2. The van der Waals surface area contributed by atoms with Crippen molar-refractivity contribution in [3.63, 3.8) is 0 Å². The zero-order valence-corrected chi connectivity index (χ0v) is 11.3. The van der Waals surface area contributed by atoms with Crippen LogP contribution in [0.4, 0.5) is 0 Å². The maximum Gasteiger partial charge on any atom is 0.233 e. The van der Waals surface area contributed by atoms with E-state index in [1.165, 1.54) is 11.8 Å². The third kappa shape index (κ3) is 3.64. The molecule has 0 saturated carbocycles. The number of benzene rings is 1. The van der Waals surface area contributed by atoms with Crippen molar-refractivity contribution < 1.29 is 9.59 Å². The van der Waals surface area contributed by atoms with Gasteiger partial charge in [-0.2, -0.15) is 0 Å². The van der Waals surface area contributed by atoms with E-state index in [4.69, 9.17) is 0 Å². The lowest BCUT2D eigenvalue weighted by atomic mass is 10.0. The Morgan fingerprint density at radius 3 is 2.42 bits per heavy atom. The SMILES string of the molecule is CC(=O)N(C(=O)Cc1ccccc1)C1CCNCC1. The minimum absolute atomic E-state index is 0.0509. The van der Waals surface area contributed by atoms with Gasteiger partial charge in [0.2, 0.25) is 11.8 Å². The lowest BCUT2D eigenvalue weighted by Crippen LogP contribution is -2.48. The first kappa shape index (κ1) is 13.7. The number of hydrogen-bond acceptors (Lipinski definition) is 3. The summed E-state index contributed by atoms with van der Waals surface area (Å²) in [5, 5.41) is 3.25. The van der Waals surface area contributed by atoms with E-state index >= 15 is 0 Å². The minimum atomic E-state index is -0.146. The molecule has 4 heteroatoms. The summed E-state index contributed by atoms with van der Waals surface area (Å²) >= 11 is 0. The Balaban J connectivity index is 2.06. The van der Waals surface area contributed by atoms with Crippen molar-refractivity contribution >= 4 is 11.8 Å². The zero-order valence-electron chi connectivity index (χ0n) is 11.3. The van der Waals surface area contributed by atoms with Gasteiger partial charge in [0.15, 0.2) is 0 Å². The molecule has 0 aromatic heterocycles. The van der Waals surface area contributed by atoms with Gasteiger partial charge in [-0.05, 0) is 31.5 Å². The molecule has 2 rings (SSSR count). The van der Waals surface area contributed by atoms with Crippen molar-refractivity contribution in [1.29, 1.82) is 0 Å². The number of nitrogens with zero attached hydrogens (tertiary/aromatic N) is 1. The molecule has 0 unspecified atom stereocenters. The Bertz CT molecular complexity index is 439. The number of carbonyl (C=O) groups excluding carboxylic acids is 2. The van der Waals surface area contributed by atoms with E-state index in [0.717, 1.165) is 31.5 Å². The van der Waals surface area contributed by atoms with E-state index in [1.807, 2.05) is 30.3 Å². The molecule has 1 heterocycles. The molecule has 19 heavy (non-hydrogen) atoms. The second-order valence-corrected chi connectivity index (χ2v) is 4.93. The van der Waals surface area contributed by atoms with Crippen molar-refractivity contribution in [3.05, 3.63) is 35.9 Å². The Morgan fingerprint density at radius 1 is 1.21 bits per heavy atom. The second-order valence-electron chi connectivity index (χ2n) is 4.93. The van der Waals surface area contributed by atoms with Crippen LogP contribution in [-0.2, 0) is 16.0 Å². The van der Waals surface area contributed by atoms with Gasteiger partial charge in [0.1, 0.15) is 0 Å². The van der Waals surface area contributed by atoms with Crippen molar-refractivity contribution in [2.45, 2.75) is 32.2 Å². The highest BCUT2D eigenvalue weighted by molar-refractivity contribution is 5.95. The van der Waals surface area contributed by atoms with E-state index in [9.17, 15) is 9.59 Å². The van der Waals surface area contributed by atoms with Crippen molar-refractivity contribution in [2.75, 3.05) is 13.1 Å². The third-order valence-corrected chi connectivity index (χ3v) is 3.48. The van der Waals surface area contributed by atoms with Gasteiger partial charge in [-0.15, -0.1) is 0 Å². The molecule has 1 N–H and O–H groups in total. The molecule has 1 saturated heterocycles. The van der Waals surface area contributed by atoms with Crippen LogP contribution in [0, 0.1) is 0 Å². The molecule has 1 fully saturated rings. The average molecular weight is 260 g/mol. The molecule has 0 radical (unpaired) electrons. The van der Waals surface area contributed by atoms with Gasteiger partial charge in [-0.3, -0.25) is 14.5 Å². The lowest BCUT2D eigenvalue weighted by Gasteiger charge is -2.32. The molecule has 0 aliphatic carbocycles. The summed E-state index contributed by atoms with van der Waals surface area (Å²) < 4.78 is 0. The molecule has 1 aliphatic rings. The first-order chi connectivity index (χ1) is 9.18. The fourth-order valence-corrected chi connectivity index (χ4v) is 2.56. The smallest absolute Gasteiger partial charge is 0.233 e. The summed E-state index contributed by atoms with van der Waals surface area (Å²) in [6, 6.07) is 9.62. The predicted octanol–water partition coefficient (Wildman–Crippen LogP) is 1.36. The number of imide groups is 1. The number of rotatable bonds is 3. The summed E-state index contributed by atoms with van der Waals surface area (Å²) in [6.07, 6.45) is 1.99. The van der Waals surface area contributed by atoms with Gasteiger partial charge in [-0.25, -0.2) is 0 Å². The standard InChI is InChI=1S/C15H20N2O2/c1-12(18)17(14-7-9-16-10-8-14)15(19)11-13-5-3-2-4-6-13/h2-6,14,16H,7-11H2,1H3. The summed E-state index contributed by atoms with van der Waals surface area (Å²) in [6.45, 7) is 3.21. The molecule has 0 bridgehead atoms. The summed E-state index contributed by atoms with van der Waals surface area (Å²) in [5.41, 5.74) is 0.952. The van der Waals surface area contributed by atoms with Gasteiger partial charge in [-0.1, -0.05) is 30.3 Å². The molecule has 102 valence electrons. The Kier molecular flexibility index (Phi) is 4.68. The third-order valence-electron chi connectivity index (χ3n) is 3.48. The fourth-order valence-electron chi connectivity index (χ4n) is 2.56. The number of amides is 2. The van der Waals surface area contributed by atoms with E-state index in [1.54, 1.807) is 0 Å². The van der Waals surface area contributed by atoms with Crippen LogP contribution in [-0.4, -0.2) is 35.8 Å². The van der Waals surface area contributed by atoms with Gasteiger partial charge >= 0.3 is 0 Å². The van der Waals surface area contributed by atoms with Gasteiger partial charge < -0.3 is 5.32 Å². The number of carbonyl (C=O) groups is 2. The maximum atomic E-state index is 12.3. The topological polar surface area (TPSA) is 49.4 Å². The lowest BCUT2D eigenvalue weighted by molar-refractivity contribution is -0.146. The predicted molar refractivity (Wildman–Crippen MR) is 73.6 cm³/mol. The number of nitrogens with one attached hydrogen (secondary N) is 1. The van der Waals surface area contributed by atoms with Crippen molar-refractivity contribution in [2.24, 2.45) is 0 Å². The normalized spacial score (nSPS) is 16.1. The Hall–Kier alpha value is -1.68. The van der Waals surface area contributed by atoms with Crippen LogP contribution >= 0.6 is 0 Å². The van der Waals surface area contributed by atoms with Crippen LogP contribution < -0.4 is 5.32 Å². The fraction of sp³-hybridized carbons (Fsp3) is 0.467. The van der Waals surface area contributed by atoms with Crippen LogP contribution in [0.5, 0.6) is 0 Å². The van der Waals surface area contributed by atoms with Crippen molar-refractivity contribution in [3.8, 4) is 0 Å². The Morgan fingerprint density at radius 2 is 1.84 bits per heavy atom. The minimum Gasteiger partial charge on any atom is -0.317 e.